The molecule has 0 aliphatic rings. The van der Waals surface area contributed by atoms with E-state index in [1.165, 1.54) is 31.1 Å². The van der Waals surface area contributed by atoms with E-state index < -0.39 is 11.7 Å². The van der Waals surface area contributed by atoms with Gasteiger partial charge in [0.1, 0.15) is 11.8 Å². The van der Waals surface area contributed by atoms with E-state index >= 15 is 0 Å². The van der Waals surface area contributed by atoms with Gasteiger partial charge in [0.2, 0.25) is 0 Å². The number of benzene rings is 1. The van der Waals surface area contributed by atoms with Crippen molar-refractivity contribution in [3.05, 3.63) is 41.0 Å². The molecule has 0 saturated carbocycles. The predicted octanol–water partition coefficient (Wildman–Crippen LogP) is 1.44. The van der Waals surface area contributed by atoms with E-state index in [2.05, 4.69) is 0 Å². The van der Waals surface area contributed by atoms with Crippen LogP contribution in [0.5, 0.6) is 0 Å². The summed E-state index contributed by atoms with van der Waals surface area (Å²) in [6.45, 7) is 0. The standard InChI is InChI=1S/C13H11N3O2/c1-16(2)13(18)11(8-15)12(17)10-6-4-3-5-9(10)7-14/h3-6,17H,1-2H3. The topological polar surface area (TPSA) is 88.1 Å². The Labute approximate surface area is 105 Å². The molecule has 1 aromatic carbocycles. The van der Waals surface area contributed by atoms with Gasteiger partial charge in [-0.05, 0) is 12.1 Å². The van der Waals surface area contributed by atoms with Gasteiger partial charge in [-0.2, -0.15) is 10.5 Å². The van der Waals surface area contributed by atoms with Gasteiger partial charge in [0.15, 0.2) is 5.57 Å². The smallest absolute Gasteiger partial charge is 0.267 e. The van der Waals surface area contributed by atoms with Gasteiger partial charge >= 0.3 is 0 Å². The maximum absolute atomic E-state index is 11.7. The third-order valence-corrected chi connectivity index (χ3v) is 2.27. The van der Waals surface area contributed by atoms with Gasteiger partial charge < -0.3 is 10.0 Å². The molecule has 0 fully saturated rings. The second-order valence-electron chi connectivity index (χ2n) is 3.69. The van der Waals surface area contributed by atoms with Gasteiger partial charge in [0.25, 0.3) is 5.91 Å². The number of aliphatic hydroxyl groups is 1. The monoisotopic (exact) mass is 241 g/mol. The van der Waals surface area contributed by atoms with Crippen LogP contribution in [0.15, 0.2) is 29.8 Å². The van der Waals surface area contributed by atoms with Crippen molar-refractivity contribution in [1.82, 2.24) is 4.90 Å². The summed E-state index contributed by atoms with van der Waals surface area (Å²) in [5.41, 5.74) is -0.0104. The largest absolute Gasteiger partial charge is 0.506 e. The summed E-state index contributed by atoms with van der Waals surface area (Å²) in [6.07, 6.45) is 0. The number of amides is 1. The quantitative estimate of drug-likeness (QED) is 0.482. The molecule has 90 valence electrons. The predicted molar refractivity (Wildman–Crippen MR) is 65.0 cm³/mol. The number of aliphatic hydroxyl groups excluding tert-OH is 1. The van der Waals surface area contributed by atoms with E-state index in [-0.39, 0.29) is 16.7 Å². The summed E-state index contributed by atoms with van der Waals surface area (Å²) in [5, 5.41) is 27.8. The first-order valence-electron chi connectivity index (χ1n) is 5.07. The van der Waals surface area contributed by atoms with Crippen molar-refractivity contribution in [2.24, 2.45) is 0 Å². The van der Waals surface area contributed by atoms with Crippen molar-refractivity contribution < 1.29 is 9.90 Å². The normalized spacial score (nSPS) is 10.9. The third-order valence-electron chi connectivity index (χ3n) is 2.27. The highest BCUT2D eigenvalue weighted by Gasteiger charge is 2.19. The molecule has 5 heteroatoms. The highest BCUT2D eigenvalue weighted by molar-refractivity contribution is 6.03. The highest BCUT2D eigenvalue weighted by atomic mass is 16.3. The van der Waals surface area contributed by atoms with Crippen molar-refractivity contribution in [2.45, 2.75) is 0 Å². The molecular formula is C13H11N3O2. The Morgan fingerprint density at radius 3 is 2.39 bits per heavy atom. The van der Waals surface area contributed by atoms with Crippen LogP contribution in [0.1, 0.15) is 11.1 Å². The van der Waals surface area contributed by atoms with E-state index in [9.17, 15) is 9.90 Å². The number of carbonyl (C=O) groups is 1. The zero-order valence-corrected chi connectivity index (χ0v) is 10.0. The van der Waals surface area contributed by atoms with Gasteiger partial charge in [0, 0.05) is 19.7 Å². The average Bonchev–Trinajstić information content (AvgIpc) is 2.39. The van der Waals surface area contributed by atoms with E-state index in [0.717, 1.165) is 0 Å². The minimum atomic E-state index is -0.609. The Morgan fingerprint density at radius 2 is 1.89 bits per heavy atom. The molecule has 0 aliphatic carbocycles. The minimum Gasteiger partial charge on any atom is -0.506 e. The van der Waals surface area contributed by atoms with E-state index in [4.69, 9.17) is 10.5 Å². The van der Waals surface area contributed by atoms with Crippen LogP contribution in [-0.2, 0) is 4.79 Å². The fraction of sp³-hybridized carbons (Fsp3) is 0.154. The molecule has 0 saturated heterocycles. The van der Waals surface area contributed by atoms with Crippen molar-refractivity contribution >= 4 is 11.7 Å². The zero-order chi connectivity index (χ0) is 13.7. The number of nitrogens with zero attached hydrogens (tertiary/aromatic N) is 3. The molecule has 0 atom stereocenters. The molecule has 1 amide bonds. The summed E-state index contributed by atoms with van der Waals surface area (Å²) in [6, 6.07) is 9.78. The van der Waals surface area contributed by atoms with Crippen LogP contribution < -0.4 is 0 Å². The first-order chi connectivity index (χ1) is 8.52. The maximum Gasteiger partial charge on any atom is 0.267 e. The van der Waals surface area contributed by atoms with Crippen LogP contribution in [0.3, 0.4) is 0 Å². The minimum absolute atomic E-state index is 0.173. The van der Waals surface area contributed by atoms with E-state index in [1.54, 1.807) is 18.2 Å². The van der Waals surface area contributed by atoms with Crippen LogP contribution in [0.4, 0.5) is 0 Å². The molecule has 18 heavy (non-hydrogen) atoms. The summed E-state index contributed by atoms with van der Waals surface area (Å²) in [4.78, 5) is 12.9. The van der Waals surface area contributed by atoms with Gasteiger partial charge in [0.05, 0.1) is 11.6 Å². The van der Waals surface area contributed by atoms with Crippen molar-refractivity contribution in [3.8, 4) is 12.1 Å². The Balaban J connectivity index is 3.43. The summed E-state index contributed by atoms with van der Waals surface area (Å²) in [7, 11) is 2.95. The first-order valence-corrected chi connectivity index (χ1v) is 5.07. The van der Waals surface area contributed by atoms with Crippen LogP contribution in [0, 0.1) is 22.7 Å². The molecule has 0 unspecified atom stereocenters. The lowest BCUT2D eigenvalue weighted by atomic mass is 10.0. The second kappa shape index (κ2) is 5.51. The van der Waals surface area contributed by atoms with Gasteiger partial charge in [-0.3, -0.25) is 4.79 Å². The Hall–Kier alpha value is -2.79. The fourth-order valence-corrected chi connectivity index (χ4v) is 1.35. The van der Waals surface area contributed by atoms with Gasteiger partial charge in [-0.1, -0.05) is 12.1 Å². The lowest BCUT2D eigenvalue weighted by Crippen LogP contribution is -2.23. The molecular weight excluding hydrogens is 230 g/mol. The van der Waals surface area contributed by atoms with E-state index in [1.807, 2.05) is 6.07 Å². The summed E-state index contributed by atoms with van der Waals surface area (Å²) >= 11 is 0. The molecule has 0 spiro atoms. The molecule has 1 aromatic rings. The number of carbonyl (C=O) groups excluding carboxylic acids is 1. The highest BCUT2D eigenvalue weighted by Crippen LogP contribution is 2.20. The number of hydrogen-bond donors (Lipinski definition) is 1. The molecule has 0 aromatic heterocycles. The van der Waals surface area contributed by atoms with Crippen LogP contribution in [0.25, 0.3) is 5.76 Å². The Kier molecular flexibility index (Phi) is 4.07. The number of nitriles is 2. The molecule has 0 aliphatic heterocycles. The van der Waals surface area contributed by atoms with Gasteiger partial charge in [-0.25, -0.2) is 0 Å². The molecule has 0 bridgehead atoms. The van der Waals surface area contributed by atoms with Crippen molar-refractivity contribution in [3.63, 3.8) is 0 Å². The van der Waals surface area contributed by atoms with Gasteiger partial charge in [-0.15, -0.1) is 0 Å². The molecule has 5 nitrogen and oxygen atoms in total. The lowest BCUT2D eigenvalue weighted by Gasteiger charge is -2.11. The Morgan fingerprint density at radius 1 is 1.28 bits per heavy atom. The van der Waals surface area contributed by atoms with Crippen LogP contribution in [0.2, 0.25) is 0 Å². The summed E-state index contributed by atoms with van der Waals surface area (Å²) < 4.78 is 0. The maximum atomic E-state index is 11.7. The summed E-state index contributed by atoms with van der Waals surface area (Å²) in [5.74, 6) is -1.09. The average molecular weight is 241 g/mol. The molecule has 0 radical (unpaired) electrons. The van der Waals surface area contributed by atoms with Crippen molar-refractivity contribution in [1.29, 1.82) is 10.5 Å². The second-order valence-corrected chi connectivity index (χ2v) is 3.69. The molecule has 0 heterocycles. The molecule has 1 N–H and O–H groups in total. The zero-order valence-electron chi connectivity index (χ0n) is 10.0. The van der Waals surface area contributed by atoms with Crippen LogP contribution in [-0.4, -0.2) is 30.0 Å². The van der Waals surface area contributed by atoms with Crippen LogP contribution >= 0.6 is 0 Å². The number of likely N-dealkylation sites (N-methyl/N-ethyl adjacent to an activating group) is 1. The SMILES string of the molecule is CN(C)C(=O)C(C#N)=C(O)c1ccccc1C#N. The number of rotatable bonds is 2. The van der Waals surface area contributed by atoms with Crippen molar-refractivity contribution in [2.75, 3.05) is 14.1 Å². The third kappa shape index (κ3) is 2.47. The fourth-order valence-electron chi connectivity index (χ4n) is 1.35. The number of hydrogen-bond acceptors (Lipinski definition) is 4. The molecule has 1 rings (SSSR count). The van der Waals surface area contributed by atoms with E-state index in [0.29, 0.717) is 0 Å². The first kappa shape index (κ1) is 13.3. The lowest BCUT2D eigenvalue weighted by molar-refractivity contribution is -0.124. The Bertz CT molecular complexity index is 589.